The van der Waals surface area contributed by atoms with E-state index in [9.17, 15) is 9.18 Å². The first-order valence-corrected chi connectivity index (χ1v) is 13.6. The third-order valence-electron chi connectivity index (χ3n) is 7.34. The number of alkyl halides is 1. The van der Waals surface area contributed by atoms with Gasteiger partial charge < -0.3 is 19.7 Å². The Morgan fingerprint density at radius 3 is 2.37 bits per heavy atom. The van der Waals surface area contributed by atoms with Crippen molar-refractivity contribution in [2.75, 3.05) is 36.5 Å². The van der Waals surface area contributed by atoms with Crippen LogP contribution in [0, 0.1) is 5.82 Å². The number of ether oxygens (including phenoxy) is 2. The van der Waals surface area contributed by atoms with Gasteiger partial charge in [0.1, 0.15) is 17.3 Å². The smallest absolute Gasteiger partial charge is 0.340 e. The highest BCUT2D eigenvalue weighted by atomic mass is 19.1. The van der Waals surface area contributed by atoms with Crippen molar-refractivity contribution in [2.24, 2.45) is 0 Å². The first-order valence-electron chi connectivity index (χ1n) is 13.6. The number of halogens is 2. The van der Waals surface area contributed by atoms with Gasteiger partial charge in [-0.05, 0) is 43.5 Å². The van der Waals surface area contributed by atoms with Crippen molar-refractivity contribution in [3.63, 3.8) is 0 Å². The minimum Gasteiger partial charge on any atom is -0.456 e. The first-order chi connectivity index (χ1) is 18.5. The number of unbranched alkanes of at least 4 members (excludes halogenated alkanes) is 2. The van der Waals surface area contributed by atoms with Crippen molar-refractivity contribution in [1.82, 2.24) is 0 Å². The molecule has 0 fully saturated rings. The average molecular weight is 521 g/mol. The lowest BCUT2D eigenvalue weighted by Gasteiger charge is -2.37. The van der Waals surface area contributed by atoms with Crippen molar-refractivity contribution < 1.29 is 23.0 Å². The summed E-state index contributed by atoms with van der Waals surface area (Å²) in [6.45, 7) is 5.99. The van der Waals surface area contributed by atoms with Crippen molar-refractivity contribution in [3.05, 3.63) is 82.7 Å². The van der Waals surface area contributed by atoms with Gasteiger partial charge in [-0.2, -0.15) is 0 Å². The molecule has 7 heteroatoms. The van der Waals surface area contributed by atoms with E-state index in [1.165, 1.54) is 6.07 Å². The zero-order valence-electron chi connectivity index (χ0n) is 22.0. The second-order valence-corrected chi connectivity index (χ2v) is 9.89. The zero-order chi connectivity index (χ0) is 26.7. The van der Waals surface area contributed by atoms with Gasteiger partial charge in [-0.25, -0.2) is 9.18 Å². The molecule has 0 bridgehead atoms. The van der Waals surface area contributed by atoms with Crippen molar-refractivity contribution in [1.29, 1.82) is 0 Å². The molecule has 0 aromatic heterocycles. The number of carbonyl (C=O) groups is 1. The molecule has 1 spiro atoms. The Balaban J connectivity index is 1.66. The topological polar surface area (TPSA) is 50.8 Å². The number of hydrogen-bond acceptors (Lipinski definition) is 5. The Morgan fingerprint density at radius 1 is 0.895 bits per heavy atom. The molecule has 3 aromatic rings. The highest BCUT2D eigenvalue weighted by molar-refractivity contribution is 5.97. The number of nitrogens with one attached hydrogen (secondary N) is 1. The van der Waals surface area contributed by atoms with E-state index in [2.05, 4.69) is 30.1 Å². The van der Waals surface area contributed by atoms with E-state index in [-0.39, 0.29) is 18.7 Å². The molecule has 5 rings (SSSR count). The van der Waals surface area contributed by atoms with Crippen molar-refractivity contribution in [2.45, 2.75) is 51.6 Å². The Morgan fingerprint density at radius 2 is 1.63 bits per heavy atom. The van der Waals surface area contributed by atoms with Crippen LogP contribution in [0.5, 0.6) is 11.5 Å². The summed E-state index contributed by atoms with van der Waals surface area (Å²) < 4.78 is 40.4. The number of anilines is 2. The van der Waals surface area contributed by atoms with E-state index in [1.807, 2.05) is 24.3 Å². The molecular weight excluding hydrogens is 486 g/mol. The van der Waals surface area contributed by atoms with Crippen molar-refractivity contribution >= 4 is 17.3 Å². The Hall–Kier alpha value is -3.61. The van der Waals surface area contributed by atoms with E-state index in [0.717, 1.165) is 44.5 Å². The standard InChI is InChI=1S/C31H34F2N2O3/c1-3-5-16-35(17-6-4-2)21-12-13-24-28(18-21)37-29-20-26(33)27(34-15-9-14-32)19-25(29)31(24)23-11-8-7-10-22(23)30(36)38-31/h7-8,10-13,18-20,34H,3-6,9,14-17H2,1-2H3. The van der Waals surface area contributed by atoms with Gasteiger partial charge in [-0.15, -0.1) is 0 Å². The van der Waals surface area contributed by atoms with Crippen LogP contribution in [0.3, 0.4) is 0 Å². The zero-order valence-corrected chi connectivity index (χ0v) is 22.0. The number of carbonyl (C=O) groups excluding carboxylic acids is 1. The fraction of sp³-hybridized carbons (Fsp3) is 0.387. The van der Waals surface area contributed by atoms with Gasteiger partial charge in [0, 0.05) is 54.1 Å². The summed E-state index contributed by atoms with van der Waals surface area (Å²) in [5.74, 6) is -0.119. The number of fused-ring (bicyclic) bond motifs is 6. The molecule has 3 aromatic carbocycles. The number of esters is 1. The number of hydrogen-bond donors (Lipinski definition) is 1. The minimum atomic E-state index is -1.28. The minimum absolute atomic E-state index is 0.214. The predicted molar refractivity (Wildman–Crippen MR) is 146 cm³/mol. The highest BCUT2D eigenvalue weighted by Gasteiger charge is 2.53. The van der Waals surface area contributed by atoms with Crippen LogP contribution >= 0.6 is 0 Å². The van der Waals surface area contributed by atoms with Crippen LogP contribution in [-0.2, 0) is 10.3 Å². The van der Waals surface area contributed by atoms with E-state index in [4.69, 9.17) is 9.47 Å². The summed E-state index contributed by atoms with van der Waals surface area (Å²) in [5, 5.41) is 2.97. The van der Waals surface area contributed by atoms with Crippen molar-refractivity contribution in [3.8, 4) is 11.5 Å². The summed E-state index contributed by atoms with van der Waals surface area (Å²) >= 11 is 0. The monoisotopic (exact) mass is 520 g/mol. The van der Waals surface area contributed by atoms with Gasteiger partial charge in [0.05, 0.1) is 17.9 Å². The summed E-state index contributed by atoms with van der Waals surface area (Å²) in [6.07, 6.45) is 4.59. The van der Waals surface area contributed by atoms with Crippen LogP contribution < -0.4 is 15.0 Å². The van der Waals surface area contributed by atoms with E-state index in [0.29, 0.717) is 33.8 Å². The van der Waals surface area contributed by atoms with Gasteiger partial charge in [0.2, 0.25) is 0 Å². The van der Waals surface area contributed by atoms with Crippen LogP contribution in [0.15, 0.2) is 54.6 Å². The molecule has 200 valence electrons. The number of nitrogens with zero attached hydrogens (tertiary/aromatic N) is 1. The molecule has 1 unspecified atom stereocenters. The maximum absolute atomic E-state index is 15.2. The Kier molecular flexibility index (Phi) is 7.54. The Labute approximate surface area is 222 Å². The summed E-state index contributed by atoms with van der Waals surface area (Å²) in [5.41, 5.74) is 2.35. The summed E-state index contributed by atoms with van der Waals surface area (Å²) in [7, 11) is 0. The molecule has 38 heavy (non-hydrogen) atoms. The van der Waals surface area contributed by atoms with Crippen LogP contribution in [0.4, 0.5) is 20.2 Å². The van der Waals surface area contributed by atoms with Gasteiger partial charge >= 0.3 is 5.97 Å². The second kappa shape index (κ2) is 11.0. The van der Waals surface area contributed by atoms with Gasteiger partial charge in [0.25, 0.3) is 0 Å². The SMILES string of the molecule is CCCCN(CCCC)c1ccc2c(c1)Oc1cc(F)c(NCCCF)cc1C21OC(=O)c2ccccc21. The summed E-state index contributed by atoms with van der Waals surface area (Å²) in [4.78, 5) is 15.5. The lowest BCUT2D eigenvalue weighted by molar-refractivity contribution is 0.0224. The normalized spacial score (nSPS) is 16.9. The number of benzene rings is 3. The largest absolute Gasteiger partial charge is 0.456 e. The maximum atomic E-state index is 15.2. The van der Waals surface area contributed by atoms with Crippen LogP contribution in [0.1, 0.15) is 73.0 Å². The van der Waals surface area contributed by atoms with E-state index < -0.39 is 24.1 Å². The quantitative estimate of drug-likeness (QED) is 0.209. The van der Waals surface area contributed by atoms with Crippen LogP contribution in [-0.4, -0.2) is 32.3 Å². The molecule has 0 saturated carbocycles. The fourth-order valence-electron chi connectivity index (χ4n) is 5.37. The first kappa shape index (κ1) is 26.0. The molecule has 2 aliphatic rings. The van der Waals surface area contributed by atoms with Crippen LogP contribution in [0.2, 0.25) is 0 Å². The fourth-order valence-corrected chi connectivity index (χ4v) is 5.37. The van der Waals surface area contributed by atoms with E-state index >= 15 is 4.39 Å². The third kappa shape index (κ3) is 4.48. The highest BCUT2D eigenvalue weighted by Crippen LogP contribution is 2.57. The molecule has 0 aliphatic carbocycles. The van der Waals surface area contributed by atoms with Gasteiger partial charge in [-0.1, -0.05) is 44.9 Å². The lowest BCUT2D eigenvalue weighted by Crippen LogP contribution is -2.33. The molecule has 5 nitrogen and oxygen atoms in total. The molecule has 0 amide bonds. The maximum Gasteiger partial charge on any atom is 0.340 e. The van der Waals surface area contributed by atoms with Gasteiger partial charge in [0.15, 0.2) is 5.60 Å². The molecular formula is C31H34F2N2O3. The average Bonchev–Trinajstić information content (AvgIpc) is 3.22. The molecule has 0 saturated heterocycles. The van der Waals surface area contributed by atoms with Crippen LogP contribution in [0.25, 0.3) is 0 Å². The molecule has 1 atom stereocenters. The van der Waals surface area contributed by atoms with Gasteiger partial charge in [-0.3, -0.25) is 4.39 Å². The molecule has 1 N–H and O–H groups in total. The lowest BCUT2D eigenvalue weighted by atomic mass is 9.77. The molecule has 2 aliphatic heterocycles. The second-order valence-electron chi connectivity index (χ2n) is 9.89. The number of rotatable bonds is 11. The Bertz CT molecular complexity index is 1320. The summed E-state index contributed by atoms with van der Waals surface area (Å²) in [6, 6.07) is 16.2. The molecule has 0 radical (unpaired) electrons. The predicted octanol–water partition coefficient (Wildman–Crippen LogP) is 7.57. The van der Waals surface area contributed by atoms with E-state index in [1.54, 1.807) is 18.2 Å². The third-order valence-corrected chi connectivity index (χ3v) is 7.34. The molecule has 2 heterocycles.